The van der Waals surface area contributed by atoms with Crippen molar-refractivity contribution in [3.63, 3.8) is 0 Å². The number of carbonyl (C=O) groups is 1. The molecule has 3 heteroatoms. The van der Waals surface area contributed by atoms with Gasteiger partial charge in [0.15, 0.2) is 0 Å². The zero-order valence-corrected chi connectivity index (χ0v) is 12.7. The number of amides is 1. The maximum absolute atomic E-state index is 10.3. The van der Waals surface area contributed by atoms with Crippen molar-refractivity contribution in [1.29, 1.82) is 0 Å². The topological polar surface area (TPSA) is 40.9 Å². The van der Waals surface area contributed by atoms with Crippen LogP contribution >= 0.6 is 0 Å². The van der Waals surface area contributed by atoms with Crippen molar-refractivity contribution in [2.24, 2.45) is 0 Å². The van der Waals surface area contributed by atoms with Gasteiger partial charge in [-0.1, -0.05) is 44.2 Å². The molecule has 0 bridgehead atoms. The number of nitrogens with one attached hydrogen (secondary N) is 1. The fraction of sp³-hybridized carbons (Fsp3) is 0.222. The summed E-state index contributed by atoms with van der Waals surface area (Å²) in [4.78, 5) is 10.3. The molecule has 0 aromatic heterocycles. The Labute approximate surface area is 122 Å². The predicted molar refractivity (Wildman–Crippen MR) is 46.4 cm³/mol. The zero-order chi connectivity index (χ0) is 8.69. The number of hydrogen-bond donors (Lipinski definition) is 0. The van der Waals surface area contributed by atoms with Crippen molar-refractivity contribution in [1.82, 2.24) is 0 Å². The summed E-state index contributed by atoms with van der Waals surface area (Å²) in [6.07, 6.45) is 0. The first kappa shape index (κ1) is 15.0. The van der Waals surface area contributed by atoms with Crippen LogP contribution < -0.4 is 58.2 Å². The third-order valence-corrected chi connectivity index (χ3v) is 1.04. The molecule has 60 valence electrons. The van der Waals surface area contributed by atoms with Gasteiger partial charge in [0.1, 0.15) is 0 Å². The quantitative estimate of drug-likeness (QED) is 0.671. The Bertz CT molecular complexity index is 211. The molecule has 1 N–H and O–H groups in total. The van der Waals surface area contributed by atoms with Gasteiger partial charge >= 0.3 is 58.2 Å². The van der Waals surface area contributed by atoms with E-state index in [0.29, 0.717) is 5.56 Å². The smallest absolute Gasteiger partial charge is 0.664 e. The van der Waals surface area contributed by atoms with Crippen LogP contribution in [0.4, 0.5) is 0 Å². The van der Waals surface area contributed by atoms with E-state index in [9.17, 15) is 4.79 Å². The monoisotopic (exact) mass is 235 g/mol. The summed E-state index contributed by atoms with van der Waals surface area (Å²) >= 11 is 0. The second-order valence-corrected chi connectivity index (χ2v) is 1.70. The molecule has 0 unspecified atom stereocenters. The molecule has 0 heterocycles. The van der Waals surface area contributed by atoms with Gasteiger partial charge in [0.05, 0.1) is 5.91 Å². The van der Waals surface area contributed by atoms with Crippen LogP contribution in [0.25, 0.3) is 5.73 Å². The number of rotatable bonds is 1. The molecule has 0 saturated carbocycles. The van der Waals surface area contributed by atoms with E-state index in [1.807, 2.05) is 19.9 Å². The minimum absolute atomic E-state index is 0. The Kier molecular flexibility index (Phi) is 12.0. The number of hydrogen-bond acceptors (Lipinski definition) is 1. The summed E-state index contributed by atoms with van der Waals surface area (Å²) in [5, 5.41) is 0. The Morgan fingerprint density at radius 3 is 1.83 bits per heavy atom. The Morgan fingerprint density at radius 1 is 1.17 bits per heavy atom. The molecular formula is C9H12NORb. The second-order valence-electron chi connectivity index (χ2n) is 1.70. The molecular weight excluding hydrogens is 224 g/mol. The van der Waals surface area contributed by atoms with Gasteiger partial charge in [-0.3, -0.25) is 0 Å². The van der Waals surface area contributed by atoms with Crippen LogP contribution in [0.5, 0.6) is 0 Å². The van der Waals surface area contributed by atoms with Gasteiger partial charge < -0.3 is 10.5 Å². The molecule has 0 aliphatic carbocycles. The van der Waals surface area contributed by atoms with Crippen LogP contribution in [0.1, 0.15) is 24.2 Å². The molecule has 12 heavy (non-hydrogen) atoms. The standard InChI is InChI=1S/C7H7NO.C2H6.Rb/c8-7(9)6-4-2-1-3-5-6;1-2;/h1-5H,(H2,8,9);1-2H3;/q;;+1/p-1. The van der Waals surface area contributed by atoms with E-state index >= 15 is 0 Å². The van der Waals surface area contributed by atoms with Crippen LogP contribution in [-0.2, 0) is 0 Å². The Balaban J connectivity index is 0. The van der Waals surface area contributed by atoms with E-state index in [2.05, 4.69) is 0 Å². The fourth-order valence-corrected chi connectivity index (χ4v) is 0.590. The molecule has 2 nitrogen and oxygen atoms in total. The zero-order valence-electron chi connectivity index (χ0n) is 7.79. The van der Waals surface area contributed by atoms with Crippen LogP contribution in [0.2, 0.25) is 0 Å². The minimum Gasteiger partial charge on any atom is -0.664 e. The van der Waals surface area contributed by atoms with Crippen molar-refractivity contribution in [3.8, 4) is 0 Å². The Hall–Kier alpha value is 0.495. The van der Waals surface area contributed by atoms with Gasteiger partial charge in [-0.05, 0) is 5.56 Å². The van der Waals surface area contributed by atoms with E-state index in [0.717, 1.165) is 0 Å². The van der Waals surface area contributed by atoms with Crippen molar-refractivity contribution in [2.45, 2.75) is 13.8 Å². The molecule has 0 aliphatic heterocycles. The van der Waals surface area contributed by atoms with Crippen molar-refractivity contribution >= 4 is 5.91 Å². The number of benzene rings is 1. The average molecular weight is 236 g/mol. The summed E-state index contributed by atoms with van der Waals surface area (Å²) in [5.74, 6) is -0.629. The summed E-state index contributed by atoms with van der Waals surface area (Å²) in [7, 11) is 0. The van der Waals surface area contributed by atoms with Crippen molar-refractivity contribution in [2.75, 3.05) is 0 Å². The normalized spacial score (nSPS) is 7.17. The molecule has 1 aromatic rings. The van der Waals surface area contributed by atoms with E-state index in [4.69, 9.17) is 5.73 Å². The molecule has 1 amide bonds. The van der Waals surface area contributed by atoms with Crippen LogP contribution in [0.15, 0.2) is 30.3 Å². The Morgan fingerprint density at radius 2 is 1.58 bits per heavy atom. The van der Waals surface area contributed by atoms with Gasteiger partial charge in [-0.25, -0.2) is 0 Å². The maximum atomic E-state index is 10.3. The molecule has 1 aromatic carbocycles. The van der Waals surface area contributed by atoms with Gasteiger partial charge in [0.25, 0.3) is 0 Å². The third kappa shape index (κ3) is 6.06. The summed E-state index contributed by atoms with van der Waals surface area (Å²) in [6, 6.07) is 8.53. The number of carbonyl (C=O) groups excluding carboxylic acids is 1. The predicted octanol–water partition coefficient (Wildman–Crippen LogP) is -0.0908. The largest absolute Gasteiger partial charge is 1.00 e. The average Bonchev–Trinajstić information content (AvgIpc) is 2.10. The van der Waals surface area contributed by atoms with E-state index < -0.39 is 5.91 Å². The molecule has 0 fully saturated rings. The van der Waals surface area contributed by atoms with E-state index in [1.165, 1.54) is 0 Å². The maximum Gasteiger partial charge on any atom is 1.00 e. The summed E-state index contributed by atoms with van der Waals surface area (Å²) in [5.41, 5.74) is 7.12. The van der Waals surface area contributed by atoms with Gasteiger partial charge in [0.2, 0.25) is 0 Å². The van der Waals surface area contributed by atoms with Crippen LogP contribution in [0.3, 0.4) is 0 Å². The van der Waals surface area contributed by atoms with Crippen molar-refractivity contribution < 1.29 is 63.0 Å². The fourth-order valence-electron chi connectivity index (χ4n) is 0.590. The first-order valence-electron chi connectivity index (χ1n) is 3.61. The van der Waals surface area contributed by atoms with E-state index in [-0.39, 0.29) is 58.2 Å². The van der Waals surface area contributed by atoms with E-state index in [1.54, 1.807) is 24.3 Å². The van der Waals surface area contributed by atoms with Gasteiger partial charge in [0, 0.05) is 0 Å². The molecule has 0 spiro atoms. The molecule has 0 radical (unpaired) electrons. The molecule has 0 saturated heterocycles. The third-order valence-electron chi connectivity index (χ3n) is 1.04. The molecule has 1 rings (SSSR count). The van der Waals surface area contributed by atoms with Crippen LogP contribution in [0, 0.1) is 0 Å². The first-order valence-corrected chi connectivity index (χ1v) is 3.61. The molecule has 0 atom stereocenters. The van der Waals surface area contributed by atoms with Gasteiger partial charge in [-0.15, -0.1) is 0 Å². The first-order chi connectivity index (χ1) is 5.30. The second kappa shape index (κ2) is 9.58. The summed E-state index contributed by atoms with van der Waals surface area (Å²) < 4.78 is 0. The minimum atomic E-state index is -0.629. The van der Waals surface area contributed by atoms with Gasteiger partial charge in [-0.2, -0.15) is 0 Å². The van der Waals surface area contributed by atoms with Crippen LogP contribution in [-0.4, -0.2) is 5.91 Å². The summed E-state index contributed by atoms with van der Waals surface area (Å²) in [6.45, 7) is 4.00. The SMILES string of the molecule is CC.[NH-]C(=O)c1ccccc1.[Rb+]. The molecule has 0 aliphatic rings. The van der Waals surface area contributed by atoms with Crippen molar-refractivity contribution in [3.05, 3.63) is 41.6 Å².